The molecule has 1 aliphatic rings. The van der Waals surface area contributed by atoms with Crippen LogP contribution >= 0.6 is 0 Å². The number of esters is 1. The van der Waals surface area contributed by atoms with E-state index in [0.29, 0.717) is 32.8 Å². The largest absolute Gasteiger partial charge is 0.466 e. The lowest BCUT2D eigenvalue weighted by molar-refractivity contribution is -0.145. The van der Waals surface area contributed by atoms with Gasteiger partial charge in [0, 0.05) is 50.3 Å². The first-order valence-electron chi connectivity index (χ1n) is 11.1. The Balaban J connectivity index is 1.70. The van der Waals surface area contributed by atoms with Crippen LogP contribution in [0.15, 0.2) is 30.3 Å². The molecule has 1 fully saturated rings. The Hall–Kier alpha value is -2.96. The lowest BCUT2D eigenvalue weighted by Gasteiger charge is -2.36. The second-order valence-electron chi connectivity index (χ2n) is 7.71. The van der Waals surface area contributed by atoms with Crippen LogP contribution in [-0.2, 0) is 27.2 Å². The molecule has 166 valence electrons. The van der Waals surface area contributed by atoms with Gasteiger partial charge in [-0.05, 0) is 25.8 Å². The number of aryl methyl sites for hydroxylation is 2. The zero-order chi connectivity index (χ0) is 22.2. The number of nitrogens with zero attached hydrogens (tertiary/aromatic N) is 4. The van der Waals surface area contributed by atoms with Crippen LogP contribution in [-0.4, -0.2) is 59.5 Å². The first kappa shape index (κ1) is 22.7. The van der Waals surface area contributed by atoms with Gasteiger partial charge >= 0.3 is 5.97 Å². The number of carbonyl (C=O) groups is 2. The molecule has 7 nitrogen and oxygen atoms in total. The summed E-state index contributed by atoms with van der Waals surface area (Å²) in [6, 6.07) is 10.4. The van der Waals surface area contributed by atoms with E-state index < -0.39 is 0 Å². The van der Waals surface area contributed by atoms with Gasteiger partial charge in [-0.1, -0.05) is 37.3 Å². The van der Waals surface area contributed by atoms with Crippen LogP contribution in [0.3, 0.4) is 0 Å². The first-order valence-corrected chi connectivity index (χ1v) is 11.1. The number of hydrogen-bond donors (Lipinski definition) is 0. The number of aromatic nitrogens is 2. The maximum atomic E-state index is 12.5. The lowest BCUT2D eigenvalue weighted by Crippen LogP contribution is -2.49. The molecule has 0 radical (unpaired) electrons. The van der Waals surface area contributed by atoms with Crippen molar-refractivity contribution in [1.82, 2.24) is 14.9 Å². The fraction of sp³-hybridized carbons (Fsp3) is 0.500. The van der Waals surface area contributed by atoms with E-state index in [2.05, 4.69) is 36.1 Å². The van der Waals surface area contributed by atoms with E-state index >= 15 is 0 Å². The molecular formula is C24H32N4O3. The van der Waals surface area contributed by atoms with Crippen molar-refractivity contribution in [3.63, 3.8) is 0 Å². The third-order valence-electron chi connectivity index (χ3n) is 5.52. The number of rotatable bonds is 8. The van der Waals surface area contributed by atoms with Crippen molar-refractivity contribution in [2.24, 2.45) is 0 Å². The van der Waals surface area contributed by atoms with Gasteiger partial charge in [0.15, 0.2) is 0 Å². The smallest absolute Gasteiger partial charge is 0.306 e. The summed E-state index contributed by atoms with van der Waals surface area (Å²) in [6.07, 6.45) is 1.98. The molecule has 1 aliphatic heterocycles. The van der Waals surface area contributed by atoms with E-state index in [9.17, 15) is 9.59 Å². The van der Waals surface area contributed by atoms with Crippen molar-refractivity contribution in [3.8, 4) is 0 Å². The summed E-state index contributed by atoms with van der Waals surface area (Å²) in [5.41, 5.74) is 3.49. The summed E-state index contributed by atoms with van der Waals surface area (Å²) < 4.78 is 4.92. The summed E-state index contributed by atoms with van der Waals surface area (Å²) in [5, 5.41) is 0. The number of piperazine rings is 1. The third-order valence-corrected chi connectivity index (χ3v) is 5.52. The van der Waals surface area contributed by atoms with E-state index in [0.717, 1.165) is 30.2 Å². The van der Waals surface area contributed by atoms with Gasteiger partial charge in [0.2, 0.25) is 5.91 Å². The molecule has 0 spiro atoms. The fourth-order valence-electron chi connectivity index (χ4n) is 3.94. The molecular weight excluding hydrogens is 392 g/mol. The molecule has 1 amide bonds. The van der Waals surface area contributed by atoms with Crippen molar-refractivity contribution in [2.75, 3.05) is 37.7 Å². The minimum absolute atomic E-state index is 0.00493. The predicted molar refractivity (Wildman–Crippen MR) is 120 cm³/mol. The number of carbonyl (C=O) groups excluding carboxylic acids is 2. The predicted octanol–water partition coefficient (Wildman–Crippen LogP) is 2.93. The SMILES string of the molecule is CCOC(=O)CCC(=O)N1CCN(c2nc(C)nc(CC)c2Cc2ccccc2)CC1. The molecule has 0 bridgehead atoms. The average molecular weight is 425 g/mol. The van der Waals surface area contributed by atoms with Crippen molar-refractivity contribution < 1.29 is 14.3 Å². The molecule has 2 aromatic rings. The molecule has 0 aliphatic carbocycles. The molecule has 1 aromatic carbocycles. The maximum Gasteiger partial charge on any atom is 0.306 e. The van der Waals surface area contributed by atoms with Crippen LogP contribution in [0.1, 0.15) is 49.3 Å². The highest BCUT2D eigenvalue weighted by Gasteiger charge is 2.25. The van der Waals surface area contributed by atoms with Crippen LogP contribution in [0, 0.1) is 6.92 Å². The lowest BCUT2D eigenvalue weighted by atomic mass is 10.0. The van der Waals surface area contributed by atoms with E-state index in [1.54, 1.807) is 6.92 Å². The Bertz CT molecular complexity index is 893. The molecule has 0 atom stereocenters. The summed E-state index contributed by atoms with van der Waals surface area (Å²) in [4.78, 5) is 37.6. The monoisotopic (exact) mass is 424 g/mol. The Morgan fingerprint density at radius 3 is 2.35 bits per heavy atom. The van der Waals surface area contributed by atoms with Crippen molar-refractivity contribution >= 4 is 17.7 Å². The van der Waals surface area contributed by atoms with Crippen molar-refractivity contribution in [2.45, 2.75) is 46.5 Å². The van der Waals surface area contributed by atoms with Crippen LogP contribution in [0.4, 0.5) is 5.82 Å². The molecule has 0 unspecified atom stereocenters. The Kier molecular flexibility index (Phi) is 7.98. The van der Waals surface area contributed by atoms with Crippen molar-refractivity contribution in [1.29, 1.82) is 0 Å². The van der Waals surface area contributed by atoms with Gasteiger partial charge < -0.3 is 14.5 Å². The molecule has 3 rings (SSSR count). The molecule has 1 aromatic heterocycles. The molecule has 2 heterocycles. The first-order chi connectivity index (χ1) is 15.0. The Labute approximate surface area is 184 Å². The maximum absolute atomic E-state index is 12.5. The van der Waals surface area contributed by atoms with Gasteiger partial charge in [0.05, 0.1) is 13.0 Å². The zero-order valence-corrected chi connectivity index (χ0v) is 18.8. The van der Waals surface area contributed by atoms with Crippen LogP contribution in [0.2, 0.25) is 0 Å². The van der Waals surface area contributed by atoms with Gasteiger partial charge in [-0.2, -0.15) is 0 Å². The van der Waals surface area contributed by atoms with Gasteiger partial charge in [-0.25, -0.2) is 9.97 Å². The van der Waals surface area contributed by atoms with E-state index in [-0.39, 0.29) is 24.7 Å². The molecule has 0 N–H and O–H groups in total. The molecule has 1 saturated heterocycles. The van der Waals surface area contributed by atoms with Gasteiger partial charge in [0.25, 0.3) is 0 Å². The van der Waals surface area contributed by atoms with E-state index in [1.807, 2.05) is 17.9 Å². The standard InChI is InChI=1S/C24H32N4O3/c1-4-21-20(17-19-9-7-6-8-10-19)24(26-18(3)25-21)28-15-13-27(14-16-28)22(29)11-12-23(30)31-5-2/h6-10H,4-5,11-17H2,1-3H3. The number of amides is 1. The number of anilines is 1. The molecule has 0 saturated carbocycles. The second-order valence-corrected chi connectivity index (χ2v) is 7.71. The summed E-state index contributed by atoms with van der Waals surface area (Å²) in [6.45, 7) is 8.84. The van der Waals surface area contributed by atoms with E-state index in [1.165, 1.54) is 11.1 Å². The highest BCUT2D eigenvalue weighted by Crippen LogP contribution is 2.26. The quantitative estimate of drug-likeness (QED) is 0.607. The van der Waals surface area contributed by atoms with Crippen LogP contribution in [0.5, 0.6) is 0 Å². The topological polar surface area (TPSA) is 75.6 Å². The number of benzene rings is 1. The zero-order valence-electron chi connectivity index (χ0n) is 18.8. The minimum atomic E-state index is -0.316. The van der Waals surface area contributed by atoms with Gasteiger partial charge in [0.1, 0.15) is 11.6 Å². The van der Waals surface area contributed by atoms with Crippen molar-refractivity contribution in [3.05, 3.63) is 53.0 Å². The average Bonchev–Trinajstić information content (AvgIpc) is 2.79. The second kappa shape index (κ2) is 10.9. The third kappa shape index (κ3) is 6.03. The summed E-state index contributed by atoms with van der Waals surface area (Å²) >= 11 is 0. The normalized spacial score (nSPS) is 13.9. The summed E-state index contributed by atoms with van der Waals surface area (Å²) in [5.74, 6) is 1.44. The van der Waals surface area contributed by atoms with E-state index in [4.69, 9.17) is 14.7 Å². The van der Waals surface area contributed by atoms with Crippen LogP contribution < -0.4 is 4.90 Å². The summed E-state index contributed by atoms with van der Waals surface area (Å²) in [7, 11) is 0. The van der Waals surface area contributed by atoms with Gasteiger partial charge in [-0.15, -0.1) is 0 Å². The molecule has 7 heteroatoms. The minimum Gasteiger partial charge on any atom is -0.466 e. The Morgan fingerprint density at radius 1 is 1.00 bits per heavy atom. The Morgan fingerprint density at radius 2 is 1.71 bits per heavy atom. The highest BCUT2D eigenvalue weighted by molar-refractivity contribution is 5.81. The number of hydrogen-bond acceptors (Lipinski definition) is 6. The highest BCUT2D eigenvalue weighted by atomic mass is 16.5. The number of ether oxygens (including phenoxy) is 1. The van der Waals surface area contributed by atoms with Gasteiger partial charge in [-0.3, -0.25) is 9.59 Å². The fourth-order valence-corrected chi connectivity index (χ4v) is 3.94. The van der Waals surface area contributed by atoms with Crippen LogP contribution in [0.25, 0.3) is 0 Å². The molecule has 31 heavy (non-hydrogen) atoms.